The number of anilines is 1. The van der Waals surface area contributed by atoms with Gasteiger partial charge in [0.25, 0.3) is 0 Å². The third kappa shape index (κ3) is 3.61. The first-order valence-corrected chi connectivity index (χ1v) is 8.15. The first kappa shape index (κ1) is 15.7. The van der Waals surface area contributed by atoms with Gasteiger partial charge in [0.2, 0.25) is 5.91 Å². The van der Waals surface area contributed by atoms with E-state index in [0.29, 0.717) is 18.1 Å². The smallest absolute Gasteiger partial charge is 0.242 e. The van der Waals surface area contributed by atoms with Crippen molar-refractivity contribution in [1.29, 1.82) is 0 Å². The summed E-state index contributed by atoms with van der Waals surface area (Å²) in [6.45, 7) is 6.37. The summed E-state index contributed by atoms with van der Waals surface area (Å²) in [7, 11) is 0. The maximum Gasteiger partial charge on any atom is 0.242 e. The summed E-state index contributed by atoms with van der Waals surface area (Å²) < 4.78 is 7.16. The number of aryl methyl sites for hydroxylation is 1. The van der Waals surface area contributed by atoms with E-state index >= 15 is 0 Å². The van der Waals surface area contributed by atoms with Crippen molar-refractivity contribution >= 4 is 11.7 Å². The second kappa shape index (κ2) is 6.95. The molecule has 7 heteroatoms. The summed E-state index contributed by atoms with van der Waals surface area (Å²) >= 11 is 0. The van der Waals surface area contributed by atoms with Gasteiger partial charge in [0.1, 0.15) is 11.6 Å². The Balaban J connectivity index is 1.71. The molecular weight excluding hydrogens is 294 g/mol. The van der Waals surface area contributed by atoms with Gasteiger partial charge >= 0.3 is 0 Å². The van der Waals surface area contributed by atoms with Gasteiger partial charge in [-0.1, -0.05) is 24.9 Å². The number of carbonyl (C=O) groups is 1. The molecule has 1 amide bonds. The van der Waals surface area contributed by atoms with E-state index < -0.39 is 0 Å². The minimum absolute atomic E-state index is 0.0215. The van der Waals surface area contributed by atoms with Crippen LogP contribution in [0.2, 0.25) is 0 Å². The first-order chi connectivity index (χ1) is 11.2. The van der Waals surface area contributed by atoms with Crippen LogP contribution >= 0.6 is 0 Å². The maximum absolute atomic E-state index is 12.7. The SMILES string of the molecule is CCCC[C@@H](C(=O)Nc1cc(C)on1)N1CCn2ccnc2C1. The number of imidazole rings is 1. The average Bonchev–Trinajstić information content (AvgIpc) is 3.16. The summed E-state index contributed by atoms with van der Waals surface area (Å²) in [5, 5.41) is 6.72. The molecule has 3 heterocycles. The molecule has 2 aromatic heterocycles. The lowest BCUT2D eigenvalue weighted by Gasteiger charge is -2.33. The second-order valence-corrected chi connectivity index (χ2v) is 5.98. The van der Waals surface area contributed by atoms with Crippen LogP contribution in [0, 0.1) is 6.92 Å². The molecule has 0 bridgehead atoms. The van der Waals surface area contributed by atoms with Crippen LogP contribution in [0.5, 0.6) is 0 Å². The van der Waals surface area contributed by atoms with Crippen LogP contribution in [0.4, 0.5) is 5.82 Å². The predicted molar refractivity (Wildman–Crippen MR) is 85.8 cm³/mol. The highest BCUT2D eigenvalue weighted by molar-refractivity contribution is 5.94. The summed E-state index contributed by atoms with van der Waals surface area (Å²) in [6, 6.07) is 1.56. The topological polar surface area (TPSA) is 76.2 Å². The fourth-order valence-electron chi connectivity index (χ4n) is 2.97. The number of unbranched alkanes of at least 4 members (excludes halogenated alkanes) is 1. The van der Waals surface area contributed by atoms with Gasteiger partial charge in [-0.3, -0.25) is 9.69 Å². The molecule has 7 nitrogen and oxygen atoms in total. The number of fused-ring (bicyclic) bond motifs is 1. The molecule has 0 aliphatic carbocycles. The van der Waals surface area contributed by atoms with Crippen LogP contribution in [0.15, 0.2) is 23.0 Å². The van der Waals surface area contributed by atoms with Crippen molar-refractivity contribution in [2.45, 2.75) is 52.2 Å². The number of nitrogens with zero attached hydrogens (tertiary/aromatic N) is 4. The number of carbonyl (C=O) groups excluding carboxylic acids is 1. The predicted octanol–water partition coefficient (Wildman–Crippen LogP) is 2.19. The normalized spacial score (nSPS) is 16.1. The highest BCUT2D eigenvalue weighted by Crippen LogP contribution is 2.19. The van der Waals surface area contributed by atoms with Crippen LogP contribution in [0.1, 0.15) is 37.8 Å². The fourth-order valence-corrected chi connectivity index (χ4v) is 2.97. The van der Waals surface area contributed by atoms with E-state index in [4.69, 9.17) is 4.52 Å². The van der Waals surface area contributed by atoms with Crippen molar-refractivity contribution in [3.8, 4) is 0 Å². The van der Waals surface area contributed by atoms with Gasteiger partial charge in [-0.15, -0.1) is 0 Å². The zero-order valence-corrected chi connectivity index (χ0v) is 13.7. The van der Waals surface area contributed by atoms with E-state index in [0.717, 1.165) is 38.2 Å². The molecule has 0 saturated heterocycles. The molecule has 124 valence electrons. The monoisotopic (exact) mass is 317 g/mol. The van der Waals surface area contributed by atoms with E-state index in [9.17, 15) is 4.79 Å². The Hall–Kier alpha value is -2.15. The standard InChI is InChI=1S/C16H23N5O2/c1-3-4-5-13(16(22)18-14-10-12(2)23-19-14)21-9-8-20-7-6-17-15(20)11-21/h6-7,10,13H,3-5,8-9,11H2,1-2H3,(H,18,19,22)/t13-/m0/s1. The molecule has 1 aliphatic heterocycles. The van der Waals surface area contributed by atoms with E-state index in [2.05, 4.69) is 31.8 Å². The molecule has 0 saturated carbocycles. The molecule has 1 aliphatic rings. The van der Waals surface area contributed by atoms with Crippen molar-refractivity contribution in [3.05, 3.63) is 30.0 Å². The number of hydrogen-bond acceptors (Lipinski definition) is 5. The Kier molecular flexibility index (Phi) is 4.76. The molecule has 2 aromatic rings. The quantitative estimate of drug-likeness (QED) is 0.884. The van der Waals surface area contributed by atoms with Gasteiger partial charge in [-0.2, -0.15) is 0 Å². The fraction of sp³-hybridized carbons (Fsp3) is 0.562. The van der Waals surface area contributed by atoms with Crippen LogP contribution in [0.3, 0.4) is 0 Å². The lowest BCUT2D eigenvalue weighted by Crippen LogP contribution is -2.47. The van der Waals surface area contributed by atoms with Gasteiger partial charge in [-0.25, -0.2) is 4.98 Å². The number of rotatable bonds is 6. The van der Waals surface area contributed by atoms with Crippen LogP contribution < -0.4 is 5.32 Å². The molecule has 0 fully saturated rings. The molecular formula is C16H23N5O2. The zero-order chi connectivity index (χ0) is 16.2. The highest BCUT2D eigenvalue weighted by Gasteiger charge is 2.29. The summed E-state index contributed by atoms with van der Waals surface area (Å²) in [5.74, 6) is 2.16. The van der Waals surface area contributed by atoms with Gasteiger partial charge in [0, 0.05) is 31.5 Å². The highest BCUT2D eigenvalue weighted by atomic mass is 16.5. The third-order valence-corrected chi connectivity index (χ3v) is 4.23. The van der Waals surface area contributed by atoms with Gasteiger partial charge in [0.15, 0.2) is 5.82 Å². The minimum atomic E-state index is -0.169. The summed E-state index contributed by atoms with van der Waals surface area (Å²) in [6.07, 6.45) is 6.72. The Labute approximate surface area is 135 Å². The Morgan fingerprint density at radius 3 is 3.09 bits per heavy atom. The number of amides is 1. The van der Waals surface area contributed by atoms with Crippen molar-refractivity contribution in [2.75, 3.05) is 11.9 Å². The lowest BCUT2D eigenvalue weighted by molar-refractivity contribution is -0.122. The molecule has 0 aromatic carbocycles. The zero-order valence-electron chi connectivity index (χ0n) is 13.7. The van der Waals surface area contributed by atoms with Crippen molar-refractivity contribution in [2.24, 2.45) is 0 Å². The third-order valence-electron chi connectivity index (χ3n) is 4.23. The summed E-state index contributed by atoms with van der Waals surface area (Å²) in [4.78, 5) is 19.3. The molecule has 0 spiro atoms. The molecule has 1 atom stereocenters. The van der Waals surface area contributed by atoms with Crippen molar-refractivity contribution < 1.29 is 9.32 Å². The summed E-state index contributed by atoms with van der Waals surface area (Å²) in [5.41, 5.74) is 0. The molecule has 3 rings (SSSR count). The lowest BCUT2D eigenvalue weighted by atomic mass is 10.1. The van der Waals surface area contributed by atoms with Crippen LogP contribution in [0.25, 0.3) is 0 Å². The number of hydrogen-bond donors (Lipinski definition) is 1. The maximum atomic E-state index is 12.7. The van der Waals surface area contributed by atoms with Crippen LogP contribution in [-0.2, 0) is 17.9 Å². The van der Waals surface area contributed by atoms with Crippen LogP contribution in [-0.4, -0.2) is 38.1 Å². The largest absolute Gasteiger partial charge is 0.360 e. The van der Waals surface area contributed by atoms with Gasteiger partial charge in [0.05, 0.1) is 12.6 Å². The Bertz CT molecular complexity index is 663. The van der Waals surface area contributed by atoms with Crippen molar-refractivity contribution in [1.82, 2.24) is 19.6 Å². The Morgan fingerprint density at radius 1 is 1.48 bits per heavy atom. The van der Waals surface area contributed by atoms with E-state index in [1.165, 1.54) is 0 Å². The second-order valence-electron chi connectivity index (χ2n) is 5.98. The van der Waals surface area contributed by atoms with E-state index in [1.807, 2.05) is 19.3 Å². The number of nitrogens with one attached hydrogen (secondary N) is 1. The molecule has 0 unspecified atom stereocenters. The van der Waals surface area contributed by atoms with Gasteiger partial charge in [-0.05, 0) is 13.3 Å². The van der Waals surface area contributed by atoms with Gasteiger partial charge < -0.3 is 14.4 Å². The van der Waals surface area contributed by atoms with E-state index in [-0.39, 0.29) is 11.9 Å². The molecule has 23 heavy (non-hydrogen) atoms. The molecule has 1 N–H and O–H groups in total. The Morgan fingerprint density at radius 2 is 2.35 bits per heavy atom. The molecule has 0 radical (unpaired) electrons. The minimum Gasteiger partial charge on any atom is -0.360 e. The number of aromatic nitrogens is 3. The first-order valence-electron chi connectivity index (χ1n) is 8.15. The average molecular weight is 317 g/mol. The van der Waals surface area contributed by atoms with E-state index in [1.54, 1.807) is 6.07 Å². The van der Waals surface area contributed by atoms with Crippen molar-refractivity contribution in [3.63, 3.8) is 0 Å².